The zero-order valence-electron chi connectivity index (χ0n) is 15.0. The molecule has 0 aromatic heterocycles. The summed E-state index contributed by atoms with van der Waals surface area (Å²) in [6.07, 6.45) is 0.181. The van der Waals surface area contributed by atoms with E-state index in [9.17, 15) is 14.4 Å². The lowest BCUT2D eigenvalue weighted by atomic mass is 10.1. The number of carbonyl (C=O) groups is 3. The summed E-state index contributed by atoms with van der Waals surface area (Å²) in [5, 5.41) is 3.22. The van der Waals surface area contributed by atoms with Crippen LogP contribution in [0, 0.1) is 0 Å². The molecule has 1 aliphatic rings. The monoisotopic (exact) mass is 386 g/mol. The Kier molecular flexibility index (Phi) is 5.46. The maximum absolute atomic E-state index is 12.9. The predicted molar refractivity (Wildman–Crippen MR) is 104 cm³/mol. The first-order valence-corrected chi connectivity index (χ1v) is 8.89. The molecule has 0 bridgehead atoms. The number of benzene rings is 2. The highest BCUT2D eigenvalue weighted by Crippen LogP contribution is 2.31. The van der Waals surface area contributed by atoms with Crippen LogP contribution in [-0.4, -0.2) is 30.2 Å². The quantitative estimate of drug-likeness (QED) is 0.813. The number of hydrogen-bond acceptors (Lipinski definition) is 4. The van der Waals surface area contributed by atoms with Crippen LogP contribution in [0.5, 0.6) is 5.75 Å². The highest BCUT2D eigenvalue weighted by Gasteiger charge is 2.29. The molecule has 1 heterocycles. The highest BCUT2D eigenvalue weighted by atomic mass is 35.5. The van der Waals surface area contributed by atoms with Gasteiger partial charge in [-0.3, -0.25) is 14.4 Å². The first kappa shape index (κ1) is 18.9. The summed E-state index contributed by atoms with van der Waals surface area (Å²) < 4.78 is 5.62. The number of Topliss-reactive ketones (excluding diaryl/α,β-unsaturated/α-hetero) is 1. The van der Waals surface area contributed by atoms with E-state index in [4.69, 9.17) is 16.3 Å². The average molecular weight is 387 g/mol. The lowest BCUT2D eigenvalue weighted by Crippen LogP contribution is -2.41. The standard InChI is InChI=1S/C20H19ClN2O4/c1-12-9-19(25)22-16-5-3-4-6-17(16)23(12)20(26)11-27-18-8-7-14(21)10-15(18)13(2)24/h3-8,10,12H,9,11H2,1-2H3,(H,22,25)/t12-/m0/s1. The van der Waals surface area contributed by atoms with Crippen molar-refractivity contribution in [3.8, 4) is 5.75 Å². The molecule has 1 N–H and O–H groups in total. The maximum atomic E-state index is 12.9. The number of rotatable bonds is 4. The Hall–Kier alpha value is -2.86. The van der Waals surface area contributed by atoms with Gasteiger partial charge in [0.15, 0.2) is 12.4 Å². The van der Waals surface area contributed by atoms with Gasteiger partial charge in [-0.2, -0.15) is 0 Å². The third kappa shape index (κ3) is 4.11. The number of hydrogen-bond donors (Lipinski definition) is 1. The molecule has 6 nitrogen and oxygen atoms in total. The summed E-state index contributed by atoms with van der Waals surface area (Å²) in [6, 6.07) is 11.5. The molecule has 0 saturated carbocycles. The Morgan fingerprint density at radius 3 is 2.74 bits per heavy atom. The summed E-state index contributed by atoms with van der Waals surface area (Å²) in [6.45, 7) is 2.95. The number of halogens is 1. The summed E-state index contributed by atoms with van der Waals surface area (Å²) in [5.74, 6) is -0.368. The van der Waals surface area contributed by atoms with Gasteiger partial charge in [0, 0.05) is 17.5 Å². The molecule has 2 aromatic carbocycles. The SMILES string of the molecule is CC(=O)c1cc(Cl)ccc1OCC(=O)N1c2ccccc2NC(=O)C[C@@H]1C. The second kappa shape index (κ2) is 7.80. The van der Waals surface area contributed by atoms with Gasteiger partial charge in [-0.15, -0.1) is 0 Å². The van der Waals surface area contributed by atoms with Crippen molar-refractivity contribution < 1.29 is 19.1 Å². The Morgan fingerprint density at radius 2 is 2.00 bits per heavy atom. The number of fused-ring (bicyclic) bond motifs is 1. The minimum absolute atomic E-state index is 0.150. The van der Waals surface area contributed by atoms with Gasteiger partial charge < -0.3 is 15.0 Å². The third-order valence-corrected chi connectivity index (χ3v) is 4.54. The van der Waals surface area contributed by atoms with Crippen molar-refractivity contribution in [2.75, 3.05) is 16.8 Å². The van der Waals surface area contributed by atoms with Gasteiger partial charge in [-0.1, -0.05) is 23.7 Å². The van der Waals surface area contributed by atoms with Crippen LogP contribution in [0.25, 0.3) is 0 Å². The Labute approximate surface area is 162 Å². The topological polar surface area (TPSA) is 75.7 Å². The molecule has 0 radical (unpaired) electrons. The number of nitrogens with zero attached hydrogens (tertiary/aromatic N) is 1. The fourth-order valence-electron chi connectivity index (χ4n) is 3.08. The number of anilines is 2. The van der Waals surface area contributed by atoms with E-state index < -0.39 is 0 Å². The Morgan fingerprint density at radius 1 is 1.26 bits per heavy atom. The molecular weight excluding hydrogens is 368 g/mol. The molecule has 0 aliphatic carbocycles. The molecule has 0 spiro atoms. The van der Waals surface area contributed by atoms with Crippen molar-refractivity contribution in [1.82, 2.24) is 0 Å². The number of nitrogens with one attached hydrogen (secondary N) is 1. The molecule has 0 unspecified atom stereocenters. The van der Waals surface area contributed by atoms with Crippen molar-refractivity contribution in [3.05, 3.63) is 53.1 Å². The van der Waals surface area contributed by atoms with E-state index >= 15 is 0 Å². The molecule has 140 valence electrons. The first-order chi connectivity index (χ1) is 12.9. The molecule has 1 atom stereocenters. The zero-order valence-corrected chi connectivity index (χ0v) is 15.7. The van der Waals surface area contributed by atoms with Crippen LogP contribution in [0.15, 0.2) is 42.5 Å². The molecule has 0 fully saturated rings. The van der Waals surface area contributed by atoms with Crippen LogP contribution in [0.2, 0.25) is 5.02 Å². The van der Waals surface area contributed by atoms with E-state index in [0.29, 0.717) is 27.7 Å². The smallest absolute Gasteiger partial charge is 0.265 e. The normalized spacial score (nSPS) is 16.2. The van der Waals surface area contributed by atoms with Crippen molar-refractivity contribution in [2.45, 2.75) is 26.3 Å². The fourth-order valence-corrected chi connectivity index (χ4v) is 3.25. The van der Waals surface area contributed by atoms with Crippen LogP contribution in [0.4, 0.5) is 11.4 Å². The maximum Gasteiger partial charge on any atom is 0.265 e. The average Bonchev–Trinajstić information content (AvgIpc) is 2.74. The number of ether oxygens (including phenoxy) is 1. The van der Waals surface area contributed by atoms with Gasteiger partial charge in [-0.05, 0) is 44.2 Å². The van der Waals surface area contributed by atoms with E-state index in [1.165, 1.54) is 13.0 Å². The summed E-state index contributed by atoms with van der Waals surface area (Å²) in [5.41, 5.74) is 1.51. The first-order valence-electron chi connectivity index (χ1n) is 8.51. The molecule has 3 rings (SSSR count). The lowest BCUT2D eigenvalue weighted by molar-refractivity contribution is -0.121. The van der Waals surface area contributed by atoms with E-state index in [0.717, 1.165) is 0 Å². The highest BCUT2D eigenvalue weighted by molar-refractivity contribution is 6.31. The molecule has 2 amide bonds. The van der Waals surface area contributed by atoms with Gasteiger partial charge in [0.25, 0.3) is 5.91 Å². The van der Waals surface area contributed by atoms with E-state index in [-0.39, 0.29) is 36.7 Å². The molecule has 0 saturated heterocycles. The molecular formula is C20H19ClN2O4. The van der Waals surface area contributed by atoms with Crippen molar-refractivity contribution in [2.24, 2.45) is 0 Å². The van der Waals surface area contributed by atoms with Crippen LogP contribution in [-0.2, 0) is 9.59 Å². The molecule has 7 heteroatoms. The van der Waals surface area contributed by atoms with Crippen LogP contribution < -0.4 is 15.0 Å². The number of ketones is 1. The molecule has 2 aromatic rings. The third-order valence-electron chi connectivity index (χ3n) is 4.30. The van der Waals surface area contributed by atoms with Crippen molar-refractivity contribution in [1.29, 1.82) is 0 Å². The van der Waals surface area contributed by atoms with Crippen LogP contribution in [0.3, 0.4) is 0 Å². The van der Waals surface area contributed by atoms with Crippen molar-refractivity contribution >= 4 is 40.6 Å². The predicted octanol–water partition coefficient (Wildman–Crippen LogP) is 3.69. The number of amides is 2. The van der Waals surface area contributed by atoms with Crippen molar-refractivity contribution in [3.63, 3.8) is 0 Å². The van der Waals surface area contributed by atoms with Gasteiger partial charge >= 0.3 is 0 Å². The summed E-state index contributed by atoms with van der Waals surface area (Å²) in [4.78, 5) is 38.3. The lowest BCUT2D eigenvalue weighted by Gasteiger charge is -2.27. The second-order valence-electron chi connectivity index (χ2n) is 6.37. The van der Waals surface area contributed by atoms with E-state index in [1.54, 1.807) is 41.3 Å². The van der Waals surface area contributed by atoms with Gasteiger partial charge in [0.2, 0.25) is 5.91 Å². The van der Waals surface area contributed by atoms with Gasteiger partial charge in [0.05, 0.1) is 16.9 Å². The Balaban J connectivity index is 1.84. The summed E-state index contributed by atoms with van der Waals surface area (Å²) >= 11 is 5.93. The van der Waals surface area contributed by atoms with Crippen LogP contribution >= 0.6 is 11.6 Å². The minimum Gasteiger partial charge on any atom is -0.483 e. The van der Waals surface area contributed by atoms with Gasteiger partial charge in [0.1, 0.15) is 5.75 Å². The largest absolute Gasteiger partial charge is 0.483 e. The Bertz CT molecular complexity index is 913. The number of para-hydroxylation sites is 2. The van der Waals surface area contributed by atoms with Crippen LogP contribution in [0.1, 0.15) is 30.6 Å². The number of carbonyl (C=O) groups excluding carboxylic acids is 3. The zero-order chi connectivity index (χ0) is 19.6. The molecule has 27 heavy (non-hydrogen) atoms. The minimum atomic E-state index is -0.331. The van der Waals surface area contributed by atoms with E-state index in [2.05, 4.69) is 5.32 Å². The fraction of sp³-hybridized carbons (Fsp3) is 0.250. The molecule has 1 aliphatic heterocycles. The second-order valence-corrected chi connectivity index (χ2v) is 6.80. The van der Waals surface area contributed by atoms with E-state index in [1.807, 2.05) is 6.92 Å². The summed E-state index contributed by atoms with van der Waals surface area (Å²) in [7, 11) is 0. The van der Waals surface area contributed by atoms with Gasteiger partial charge in [-0.25, -0.2) is 0 Å².